The van der Waals surface area contributed by atoms with Crippen molar-refractivity contribution >= 4 is 35.6 Å². The van der Waals surface area contributed by atoms with Crippen molar-refractivity contribution in [3.63, 3.8) is 0 Å². The average Bonchev–Trinajstić information content (AvgIpc) is 2.52. The van der Waals surface area contributed by atoms with Crippen molar-refractivity contribution in [2.24, 2.45) is 10.7 Å². The molecule has 0 aliphatic carbocycles. The van der Waals surface area contributed by atoms with Gasteiger partial charge in [-0.1, -0.05) is 12.1 Å². The number of aryl methyl sites for hydroxylation is 1. The number of anilines is 1. The van der Waals surface area contributed by atoms with E-state index in [9.17, 15) is 0 Å². The fraction of sp³-hybridized carbons (Fsp3) is 0.562. The second-order valence-electron chi connectivity index (χ2n) is 5.26. The van der Waals surface area contributed by atoms with Gasteiger partial charge in [-0.2, -0.15) is 0 Å². The number of morpholine rings is 1. The van der Waals surface area contributed by atoms with E-state index in [1.54, 1.807) is 0 Å². The van der Waals surface area contributed by atoms with Gasteiger partial charge in [0.25, 0.3) is 0 Å². The number of rotatable bonds is 5. The summed E-state index contributed by atoms with van der Waals surface area (Å²) < 4.78 is 5.32. The lowest BCUT2D eigenvalue weighted by Gasteiger charge is -2.28. The molecular formula is C16H27IN4O. The number of hydrogen-bond acceptors (Lipinski definition) is 3. The molecule has 5 nitrogen and oxygen atoms in total. The Labute approximate surface area is 150 Å². The summed E-state index contributed by atoms with van der Waals surface area (Å²) in [4.78, 5) is 8.92. The van der Waals surface area contributed by atoms with Gasteiger partial charge in [-0.3, -0.25) is 4.99 Å². The van der Waals surface area contributed by atoms with Crippen LogP contribution in [0.2, 0.25) is 0 Å². The van der Waals surface area contributed by atoms with Crippen LogP contribution in [0.1, 0.15) is 12.5 Å². The van der Waals surface area contributed by atoms with Gasteiger partial charge >= 0.3 is 0 Å². The first-order chi connectivity index (χ1) is 10.2. The Morgan fingerprint density at radius 2 is 2.09 bits per heavy atom. The lowest BCUT2D eigenvalue weighted by atomic mass is 10.2. The van der Waals surface area contributed by atoms with Crippen LogP contribution in [0.15, 0.2) is 29.3 Å². The Morgan fingerprint density at radius 1 is 1.36 bits per heavy atom. The molecule has 22 heavy (non-hydrogen) atoms. The summed E-state index contributed by atoms with van der Waals surface area (Å²) in [5, 5.41) is 0. The minimum atomic E-state index is 0. The van der Waals surface area contributed by atoms with Crippen molar-refractivity contribution in [3.8, 4) is 0 Å². The van der Waals surface area contributed by atoms with Crippen molar-refractivity contribution in [3.05, 3.63) is 29.8 Å². The van der Waals surface area contributed by atoms with Crippen LogP contribution in [-0.2, 0) is 4.74 Å². The predicted molar refractivity (Wildman–Crippen MR) is 103 cm³/mol. The highest BCUT2D eigenvalue weighted by molar-refractivity contribution is 14.0. The normalized spacial score (nSPS) is 15.4. The van der Waals surface area contributed by atoms with Gasteiger partial charge in [-0.05, 0) is 31.5 Å². The molecule has 124 valence electrons. The SMILES string of the molecule is CCN(CCN=C(N)N1CCOCC1)c1cccc(C)c1.I. The molecule has 0 spiro atoms. The number of ether oxygens (including phenoxy) is 1. The zero-order valence-electron chi connectivity index (χ0n) is 13.5. The van der Waals surface area contributed by atoms with E-state index in [2.05, 4.69) is 52.9 Å². The summed E-state index contributed by atoms with van der Waals surface area (Å²) in [5.41, 5.74) is 8.57. The lowest BCUT2D eigenvalue weighted by molar-refractivity contribution is 0.0674. The number of guanidine groups is 1. The van der Waals surface area contributed by atoms with Crippen molar-refractivity contribution in [1.29, 1.82) is 0 Å². The Kier molecular flexibility index (Phi) is 8.55. The number of halogens is 1. The van der Waals surface area contributed by atoms with E-state index in [1.165, 1.54) is 11.3 Å². The topological polar surface area (TPSA) is 54.1 Å². The van der Waals surface area contributed by atoms with Crippen molar-refractivity contribution in [1.82, 2.24) is 4.90 Å². The molecule has 0 bridgehead atoms. The van der Waals surface area contributed by atoms with E-state index < -0.39 is 0 Å². The van der Waals surface area contributed by atoms with Crippen LogP contribution in [0.5, 0.6) is 0 Å². The molecule has 2 rings (SSSR count). The molecule has 1 heterocycles. The van der Waals surface area contributed by atoms with Gasteiger partial charge in [-0.25, -0.2) is 0 Å². The third-order valence-electron chi connectivity index (χ3n) is 3.73. The fourth-order valence-electron chi connectivity index (χ4n) is 2.47. The number of nitrogens with two attached hydrogens (primary N) is 1. The molecule has 0 unspecified atom stereocenters. The molecule has 1 saturated heterocycles. The highest BCUT2D eigenvalue weighted by atomic mass is 127. The van der Waals surface area contributed by atoms with Crippen LogP contribution in [0.4, 0.5) is 5.69 Å². The summed E-state index contributed by atoms with van der Waals surface area (Å²) in [7, 11) is 0. The Bertz CT molecular complexity index is 475. The van der Waals surface area contributed by atoms with Gasteiger partial charge in [0.1, 0.15) is 0 Å². The molecule has 0 saturated carbocycles. The molecule has 1 aromatic rings. The van der Waals surface area contributed by atoms with Crippen LogP contribution in [-0.4, -0.2) is 56.8 Å². The number of nitrogens with zero attached hydrogens (tertiary/aromatic N) is 3. The largest absolute Gasteiger partial charge is 0.378 e. The zero-order valence-corrected chi connectivity index (χ0v) is 15.8. The molecule has 0 radical (unpaired) electrons. The summed E-state index contributed by atoms with van der Waals surface area (Å²) >= 11 is 0. The van der Waals surface area contributed by atoms with Crippen molar-refractivity contribution < 1.29 is 4.74 Å². The zero-order chi connectivity index (χ0) is 15.1. The number of likely N-dealkylation sites (N-methyl/N-ethyl adjacent to an activating group) is 1. The van der Waals surface area contributed by atoms with E-state index in [-0.39, 0.29) is 24.0 Å². The van der Waals surface area contributed by atoms with Gasteiger partial charge in [0.2, 0.25) is 0 Å². The first-order valence-corrected chi connectivity index (χ1v) is 7.65. The van der Waals surface area contributed by atoms with Gasteiger partial charge in [0.15, 0.2) is 5.96 Å². The molecule has 0 amide bonds. The molecule has 1 aliphatic heterocycles. The lowest BCUT2D eigenvalue weighted by Crippen LogP contribution is -2.45. The van der Waals surface area contributed by atoms with Gasteiger partial charge < -0.3 is 20.3 Å². The minimum Gasteiger partial charge on any atom is -0.378 e. The summed E-state index contributed by atoms with van der Waals surface area (Å²) in [5.74, 6) is 0.638. The predicted octanol–water partition coefficient (Wildman–Crippen LogP) is 2.09. The van der Waals surface area contributed by atoms with E-state index in [0.29, 0.717) is 12.5 Å². The third kappa shape index (κ3) is 5.64. The van der Waals surface area contributed by atoms with Gasteiger partial charge in [0, 0.05) is 31.9 Å². The molecule has 6 heteroatoms. The number of benzene rings is 1. The van der Waals surface area contributed by atoms with Crippen LogP contribution in [0, 0.1) is 6.92 Å². The second kappa shape index (κ2) is 9.89. The van der Waals surface area contributed by atoms with E-state index in [0.717, 1.165) is 39.4 Å². The molecule has 2 N–H and O–H groups in total. The Balaban J connectivity index is 0.00000242. The maximum atomic E-state index is 6.04. The van der Waals surface area contributed by atoms with Crippen LogP contribution < -0.4 is 10.6 Å². The average molecular weight is 418 g/mol. The quantitative estimate of drug-likeness (QED) is 0.452. The maximum absolute atomic E-state index is 6.04. The number of aliphatic imine (C=N–C) groups is 1. The van der Waals surface area contributed by atoms with Crippen molar-refractivity contribution in [2.75, 3.05) is 50.8 Å². The standard InChI is InChI=1S/C16H26N4O.HI/c1-3-19(15-6-4-5-14(2)13-15)8-7-18-16(17)20-9-11-21-12-10-20;/h4-6,13H,3,7-12H2,1-2H3,(H2,17,18);1H. The van der Waals surface area contributed by atoms with Crippen LogP contribution in [0.3, 0.4) is 0 Å². The molecule has 1 aromatic carbocycles. The van der Waals surface area contributed by atoms with Gasteiger partial charge in [0.05, 0.1) is 19.8 Å². The monoisotopic (exact) mass is 418 g/mol. The smallest absolute Gasteiger partial charge is 0.191 e. The molecule has 1 aliphatic rings. The maximum Gasteiger partial charge on any atom is 0.191 e. The van der Waals surface area contributed by atoms with E-state index >= 15 is 0 Å². The third-order valence-corrected chi connectivity index (χ3v) is 3.73. The minimum absolute atomic E-state index is 0. The Morgan fingerprint density at radius 3 is 2.73 bits per heavy atom. The van der Waals surface area contributed by atoms with Crippen molar-refractivity contribution in [2.45, 2.75) is 13.8 Å². The van der Waals surface area contributed by atoms with Crippen LogP contribution in [0.25, 0.3) is 0 Å². The van der Waals surface area contributed by atoms with E-state index in [1.807, 2.05) is 0 Å². The highest BCUT2D eigenvalue weighted by Crippen LogP contribution is 2.15. The summed E-state index contributed by atoms with van der Waals surface area (Å²) in [6.45, 7) is 9.99. The summed E-state index contributed by atoms with van der Waals surface area (Å²) in [6, 6.07) is 8.56. The second-order valence-corrected chi connectivity index (χ2v) is 5.26. The Hall–Kier alpha value is -1.02. The fourth-order valence-corrected chi connectivity index (χ4v) is 2.47. The molecule has 0 aromatic heterocycles. The highest BCUT2D eigenvalue weighted by Gasteiger charge is 2.12. The first-order valence-electron chi connectivity index (χ1n) is 7.65. The molecule has 1 fully saturated rings. The number of hydrogen-bond donors (Lipinski definition) is 1. The first kappa shape index (κ1) is 19.0. The molecule has 0 atom stereocenters. The van der Waals surface area contributed by atoms with Gasteiger partial charge in [-0.15, -0.1) is 24.0 Å². The van der Waals surface area contributed by atoms with Crippen LogP contribution >= 0.6 is 24.0 Å². The molecular weight excluding hydrogens is 391 g/mol. The summed E-state index contributed by atoms with van der Waals surface area (Å²) in [6.07, 6.45) is 0. The van der Waals surface area contributed by atoms with E-state index in [4.69, 9.17) is 10.5 Å².